The molecule has 0 aliphatic carbocycles. The summed E-state index contributed by atoms with van der Waals surface area (Å²) in [5.74, 6) is 0.497. The zero-order valence-corrected chi connectivity index (χ0v) is 19.0. The molecule has 26 heavy (non-hydrogen) atoms. The van der Waals surface area contributed by atoms with Gasteiger partial charge in [-0.25, -0.2) is 13.6 Å². The molecule has 1 aromatic carbocycles. The molecular formula is C17H32IN5O2S. The third-order valence-electron chi connectivity index (χ3n) is 3.87. The Labute approximate surface area is 174 Å². The van der Waals surface area contributed by atoms with Gasteiger partial charge in [-0.2, -0.15) is 0 Å². The molecule has 0 radical (unpaired) electrons. The van der Waals surface area contributed by atoms with Crippen LogP contribution in [-0.2, 0) is 16.6 Å². The highest BCUT2D eigenvalue weighted by Gasteiger charge is 2.09. The van der Waals surface area contributed by atoms with Crippen molar-refractivity contribution in [1.82, 2.24) is 15.5 Å². The largest absolute Gasteiger partial charge is 0.357 e. The van der Waals surface area contributed by atoms with Gasteiger partial charge in [0.05, 0.1) is 5.75 Å². The first-order valence-corrected chi connectivity index (χ1v) is 10.3. The van der Waals surface area contributed by atoms with E-state index >= 15 is 0 Å². The van der Waals surface area contributed by atoms with Crippen molar-refractivity contribution in [3.8, 4) is 0 Å². The lowest BCUT2D eigenvalue weighted by atomic mass is 10.1. The van der Waals surface area contributed by atoms with E-state index in [1.165, 1.54) is 5.56 Å². The van der Waals surface area contributed by atoms with Crippen LogP contribution in [0.5, 0.6) is 0 Å². The first-order chi connectivity index (χ1) is 11.8. The summed E-state index contributed by atoms with van der Waals surface area (Å²) < 4.78 is 21.9. The number of hydrogen-bond donors (Lipinski definition) is 3. The number of sulfonamides is 1. The zero-order valence-electron chi connectivity index (χ0n) is 15.8. The number of guanidine groups is 1. The molecule has 0 aliphatic heterocycles. The van der Waals surface area contributed by atoms with Crippen LogP contribution in [0, 0.1) is 0 Å². The first-order valence-electron chi connectivity index (χ1n) is 8.58. The number of nitrogens with two attached hydrogens (primary N) is 1. The van der Waals surface area contributed by atoms with Crippen molar-refractivity contribution in [3.05, 3.63) is 35.9 Å². The molecule has 7 nitrogen and oxygen atoms in total. The number of primary sulfonamides is 1. The number of benzene rings is 1. The Kier molecular flexibility index (Phi) is 12.8. The van der Waals surface area contributed by atoms with E-state index in [9.17, 15) is 8.42 Å². The van der Waals surface area contributed by atoms with E-state index in [1.807, 2.05) is 25.1 Å². The van der Waals surface area contributed by atoms with Gasteiger partial charge >= 0.3 is 0 Å². The van der Waals surface area contributed by atoms with Crippen LogP contribution in [0.15, 0.2) is 35.3 Å². The number of hydrogen-bond acceptors (Lipinski definition) is 4. The molecule has 0 amide bonds. The van der Waals surface area contributed by atoms with Crippen LogP contribution in [0.3, 0.4) is 0 Å². The fraction of sp³-hybridized carbons (Fsp3) is 0.588. The summed E-state index contributed by atoms with van der Waals surface area (Å²) in [6.07, 6.45) is 0.912. The molecule has 1 aromatic rings. The lowest BCUT2D eigenvalue weighted by Crippen LogP contribution is -2.40. The van der Waals surface area contributed by atoms with Crippen molar-refractivity contribution in [2.75, 3.05) is 32.4 Å². The van der Waals surface area contributed by atoms with E-state index < -0.39 is 10.0 Å². The minimum Gasteiger partial charge on any atom is -0.357 e. The summed E-state index contributed by atoms with van der Waals surface area (Å²) >= 11 is 0. The van der Waals surface area contributed by atoms with Crippen LogP contribution in [0.4, 0.5) is 0 Å². The van der Waals surface area contributed by atoms with Gasteiger partial charge in [-0.3, -0.25) is 9.89 Å². The van der Waals surface area contributed by atoms with Crippen LogP contribution in [0.1, 0.15) is 25.8 Å². The smallest absolute Gasteiger partial charge is 0.210 e. The van der Waals surface area contributed by atoms with Gasteiger partial charge in [0.25, 0.3) is 0 Å². The number of rotatable bonds is 10. The predicted octanol–water partition coefficient (Wildman–Crippen LogP) is 1.36. The van der Waals surface area contributed by atoms with Crippen LogP contribution in [0.2, 0.25) is 0 Å². The molecule has 0 aliphatic rings. The van der Waals surface area contributed by atoms with Crippen molar-refractivity contribution in [2.24, 2.45) is 10.1 Å². The fourth-order valence-electron chi connectivity index (χ4n) is 2.26. The number of halogens is 1. The van der Waals surface area contributed by atoms with Crippen molar-refractivity contribution in [2.45, 2.75) is 32.9 Å². The Balaban J connectivity index is 0.00000625. The standard InChI is InChI=1S/C17H31N5O2S.HI/c1-4-19-17(21-12-13-25(18,23)24)20-11-10-15(2)22(3)14-16-8-6-5-7-9-16;/h5-9,15H,4,10-14H2,1-3H3,(H2,18,23,24)(H2,19,20,21);1H. The van der Waals surface area contributed by atoms with Crippen molar-refractivity contribution < 1.29 is 8.42 Å². The van der Waals surface area contributed by atoms with Gasteiger partial charge in [0, 0.05) is 32.2 Å². The second-order valence-corrected chi connectivity index (χ2v) is 7.83. The number of nitrogens with zero attached hydrogens (tertiary/aromatic N) is 2. The second kappa shape index (κ2) is 13.3. The van der Waals surface area contributed by atoms with E-state index in [0.29, 0.717) is 25.1 Å². The molecule has 0 fully saturated rings. The minimum atomic E-state index is -3.46. The second-order valence-electron chi connectivity index (χ2n) is 6.09. The fourth-order valence-corrected chi connectivity index (χ4v) is 2.65. The van der Waals surface area contributed by atoms with E-state index in [2.05, 4.69) is 46.6 Å². The van der Waals surface area contributed by atoms with Crippen LogP contribution < -0.4 is 15.8 Å². The molecule has 4 N–H and O–H groups in total. The van der Waals surface area contributed by atoms with Gasteiger partial charge in [-0.15, -0.1) is 24.0 Å². The molecular weight excluding hydrogens is 465 g/mol. The summed E-state index contributed by atoms with van der Waals surface area (Å²) in [6.45, 7) is 6.66. The molecule has 0 heterocycles. The van der Waals surface area contributed by atoms with Crippen molar-refractivity contribution >= 4 is 40.0 Å². The molecule has 0 saturated carbocycles. The Morgan fingerprint density at radius 1 is 1.27 bits per heavy atom. The molecule has 0 spiro atoms. The van der Waals surface area contributed by atoms with Gasteiger partial charge in [-0.1, -0.05) is 30.3 Å². The monoisotopic (exact) mass is 497 g/mol. The van der Waals surface area contributed by atoms with E-state index in [4.69, 9.17) is 5.14 Å². The molecule has 0 saturated heterocycles. The third-order valence-corrected chi connectivity index (χ3v) is 4.64. The van der Waals surface area contributed by atoms with Gasteiger partial charge in [0.2, 0.25) is 10.0 Å². The van der Waals surface area contributed by atoms with Gasteiger partial charge < -0.3 is 10.6 Å². The van der Waals surface area contributed by atoms with Gasteiger partial charge in [0.15, 0.2) is 5.96 Å². The third kappa shape index (κ3) is 11.7. The minimum absolute atomic E-state index is 0. The zero-order chi connectivity index (χ0) is 18.7. The highest BCUT2D eigenvalue weighted by Crippen LogP contribution is 2.08. The highest BCUT2D eigenvalue weighted by atomic mass is 127. The first kappa shape index (κ1) is 25.1. The van der Waals surface area contributed by atoms with E-state index in [0.717, 1.165) is 13.0 Å². The molecule has 0 bridgehead atoms. The van der Waals surface area contributed by atoms with Crippen molar-refractivity contribution in [3.63, 3.8) is 0 Å². The van der Waals surface area contributed by atoms with E-state index in [-0.39, 0.29) is 36.3 Å². The quantitative estimate of drug-likeness (QED) is 0.258. The Bertz CT molecular complexity index is 625. The maximum absolute atomic E-state index is 11.0. The summed E-state index contributed by atoms with van der Waals surface area (Å²) in [7, 11) is -1.35. The Morgan fingerprint density at radius 3 is 2.50 bits per heavy atom. The van der Waals surface area contributed by atoms with Gasteiger partial charge in [-0.05, 0) is 32.9 Å². The molecule has 9 heteroatoms. The molecule has 150 valence electrons. The average Bonchev–Trinajstić information content (AvgIpc) is 2.54. The van der Waals surface area contributed by atoms with Crippen molar-refractivity contribution in [1.29, 1.82) is 0 Å². The van der Waals surface area contributed by atoms with Crippen LogP contribution in [-0.4, -0.2) is 57.8 Å². The lowest BCUT2D eigenvalue weighted by Gasteiger charge is -2.24. The Morgan fingerprint density at radius 2 is 1.92 bits per heavy atom. The summed E-state index contributed by atoms with van der Waals surface area (Å²) in [5.41, 5.74) is 1.29. The molecule has 0 aromatic heterocycles. The summed E-state index contributed by atoms with van der Waals surface area (Å²) in [6, 6.07) is 10.8. The summed E-state index contributed by atoms with van der Waals surface area (Å²) in [4.78, 5) is 6.79. The number of nitrogens with one attached hydrogen (secondary N) is 2. The van der Waals surface area contributed by atoms with Crippen LogP contribution >= 0.6 is 24.0 Å². The van der Waals surface area contributed by atoms with Gasteiger partial charge in [0.1, 0.15) is 0 Å². The lowest BCUT2D eigenvalue weighted by molar-refractivity contribution is 0.240. The predicted molar refractivity (Wildman–Crippen MR) is 119 cm³/mol. The highest BCUT2D eigenvalue weighted by molar-refractivity contribution is 14.0. The average molecular weight is 497 g/mol. The van der Waals surface area contributed by atoms with Crippen LogP contribution in [0.25, 0.3) is 0 Å². The number of aliphatic imine (C=N–C) groups is 1. The maximum Gasteiger partial charge on any atom is 0.210 e. The molecule has 1 rings (SSSR count). The molecule has 1 atom stereocenters. The normalized spacial score (nSPS) is 13.2. The topological polar surface area (TPSA) is 99.8 Å². The molecule has 1 unspecified atom stereocenters. The summed E-state index contributed by atoms with van der Waals surface area (Å²) in [5, 5.41) is 11.1. The Hall–Kier alpha value is -0.910. The van der Waals surface area contributed by atoms with E-state index in [1.54, 1.807) is 0 Å². The SMILES string of the molecule is CCNC(=NCCC(C)N(C)Cc1ccccc1)NCCS(N)(=O)=O.I. The maximum atomic E-state index is 11.0.